The molecule has 0 aromatic heterocycles. The van der Waals surface area contributed by atoms with Gasteiger partial charge in [0.2, 0.25) is 0 Å². The lowest BCUT2D eigenvalue weighted by atomic mass is 10.1. The summed E-state index contributed by atoms with van der Waals surface area (Å²) in [5.74, 6) is -0.590. The number of ketones is 1. The van der Waals surface area contributed by atoms with Gasteiger partial charge in [-0.25, -0.2) is 0 Å². The van der Waals surface area contributed by atoms with Crippen LogP contribution in [0.2, 0.25) is 0 Å². The monoisotopic (exact) mass is 247 g/mol. The first-order valence-corrected chi connectivity index (χ1v) is 6.09. The third-order valence-corrected chi connectivity index (χ3v) is 2.97. The molecule has 0 N–H and O–H groups in total. The fourth-order valence-corrected chi connectivity index (χ4v) is 2.10. The molecular formula is C14H17NO3. The number of hydrogen-bond acceptors (Lipinski definition) is 4. The van der Waals surface area contributed by atoms with Gasteiger partial charge < -0.3 is 4.74 Å². The van der Waals surface area contributed by atoms with Crippen molar-refractivity contribution in [2.45, 2.75) is 26.4 Å². The molecule has 2 rings (SSSR count). The van der Waals surface area contributed by atoms with Crippen LogP contribution >= 0.6 is 0 Å². The van der Waals surface area contributed by atoms with Gasteiger partial charge in [-0.05, 0) is 18.1 Å². The summed E-state index contributed by atoms with van der Waals surface area (Å²) >= 11 is 0. The highest BCUT2D eigenvalue weighted by Gasteiger charge is 2.18. The standard InChI is InChI=1S/C14H17NO3/c1-11(16)8-14(17)18-7-6-15-9-12-4-2-3-5-13(12)10-15/h2-5H,6-10H2,1H3. The minimum Gasteiger partial charge on any atom is -0.464 e. The normalized spacial score (nSPS) is 14.3. The van der Waals surface area contributed by atoms with E-state index in [9.17, 15) is 9.59 Å². The predicted molar refractivity (Wildman–Crippen MR) is 66.8 cm³/mol. The molecule has 1 aromatic rings. The highest BCUT2D eigenvalue weighted by molar-refractivity contribution is 5.94. The zero-order chi connectivity index (χ0) is 13.0. The van der Waals surface area contributed by atoms with E-state index in [2.05, 4.69) is 17.0 Å². The molecule has 0 unspecified atom stereocenters. The SMILES string of the molecule is CC(=O)CC(=O)OCCN1Cc2ccccc2C1. The van der Waals surface area contributed by atoms with Gasteiger partial charge in [0.25, 0.3) is 0 Å². The lowest BCUT2D eigenvalue weighted by Crippen LogP contribution is -2.23. The predicted octanol–water partition coefficient (Wildman–Crippen LogP) is 1.52. The molecule has 1 heterocycles. The molecule has 1 aliphatic heterocycles. The summed E-state index contributed by atoms with van der Waals surface area (Å²) in [6.45, 7) is 4.25. The number of Topliss-reactive ketones (excluding diaryl/α,β-unsaturated/α-hetero) is 1. The number of fused-ring (bicyclic) bond motifs is 1. The van der Waals surface area contributed by atoms with Gasteiger partial charge in [-0.15, -0.1) is 0 Å². The molecule has 18 heavy (non-hydrogen) atoms. The van der Waals surface area contributed by atoms with Crippen molar-refractivity contribution in [2.24, 2.45) is 0 Å². The smallest absolute Gasteiger partial charge is 0.313 e. The number of esters is 1. The van der Waals surface area contributed by atoms with Crippen molar-refractivity contribution in [2.75, 3.05) is 13.2 Å². The Bertz CT molecular complexity index is 431. The minimum atomic E-state index is -0.431. The number of hydrogen-bond donors (Lipinski definition) is 0. The molecule has 4 nitrogen and oxygen atoms in total. The van der Waals surface area contributed by atoms with Crippen molar-refractivity contribution < 1.29 is 14.3 Å². The zero-order valence-electron chi connectivity index (χ0n) is 10.5. The van der Waals surface area contributed by atoms with Crippen LogP contribution in [-0.2, 0) is 27.4 Å². The molecule has 96 valence electrons. The van der Waals surface area contributed by atoms with Gasteiger partial charge >= 0.3 is 5.97 Å². The van der Waals surface area contributed by atoms with Crippen molar-refractivity contribution in [1.82, 2.24) is 4.90 Å². The highest BCUT2D eigenvalue weighted by Crippen LogP contribution is 2.21. The Hall–Kier alpha value is -1.68. The molecule has 0 saturated carbocycles. The van der Waals surface area contributed by atoms with E-state index in [1.807, 2.05) is 12.1 Å². The lowest BCUT2D eigenvalue weighted by Gasteiger charge is -2.14. The Labute approximate surface area is 107 Å². The lowest BCUT2D eigenvalue weighted by molar-refractivity contribution is -0.146. The van der Waals surface area contributed by atoms with Crippen molar-refractivity contribution in [3.63, 3.8) is 0 Å². The van der Waals surface area contributed by atoms with Gasteiger partial charge in [-0.1, -0.05) is 24.3 Å². The maximum absolute atomic E-state index is 11.2. The molecule has 1 aromatic carbocycles. The first-order chi connectivity index (χ1) is 8.65. The number of nitrogens with zero attached hydrogens (tertiary/aromatic N) is 1. The maximum atomic E-state index is 11.2. The van der Waals surface area contributed by atoms with Crippen LogP contribution in [0.4, 0.5) is 0 Å². The van der Waals surface area contributed by atoms with E-state index in [4.69, 9.17) is 4.74 Å². The van der Waals surface area contributed by atoms with E-state index in [1.54, 1.807) is 0 Å². The van der Waals surface area contributed by atoms with Gasteiger partial charge in [-0.2, -0.15) is 0 Å². The average Bonchev–Trinajstić information content (AvgIpc) is 2.70. The van der Waals surface area contributed by atoms with Gasteiger partial charge in [0.15, 0.2) is 0 Å². The first-order valence-electron chi connectivity index (χ1n) is 6.09. The van der Waals surface area contributed by atoms with Crippen LogP contribution in [0.15, 0.2) is 24.3 Å². The molecule has 0 amide bonds. The van der Waals surface area contributed by atoms with E-state index in [0.29, 0.717) is 13.2 Å². The number of carbonyl (C=O) groups is 2. The van der Waals surface area contributed by atoms with Crippen LogP contribution < -0.4 is 0 Å². The van der Waals surface area contributed by atoms with Crippen LogP contribution in [0.3, 0.4) is 0 Å². The molecule has 0 bridgehead atoms. The van der Waals surface area contributed by atoms with E-state index < -0.39 is 5.97 Å². The summed E-state index contributed by atoms with van der Waals surface area (Å²) in [4.78, 5) is 24.1. The molecule has 0 spiro atoms. The summed E-state index contributed by atoms with van der Waals surface area (Å²) < 4.78 is 5.01. The van der Waals surface area contributed by atoms with Crippen LogP contribution in [0.5, 0.6) is 0 Å². The van der Waals surface area contributed by atoms with Crippen molar-refractivity contribution in [1.29, 1.82) is 0 Å². The highest BCUT2D eigenvalue weighted by atomic mass is 16.5. The van der Waals surface area contributed by atoms with Crippen LogP contribution in [0.1, 0.15) is 24.5 Å². The summed E-state index contributed by atoms with van der Waals surface area (Å²) in [6.07, 6.45) is -0.125. The Morgan fingerprint density at radius 2 is 1.83 bits per heavy atom. The van der Waals surface area contributed by atoms with Crippen LogP contribution in [0, 0.1) is 0 Å². The fraction of sp³-hybridized carbons (Fsp3) is 0.429. The second-order valence-corrected chi connectivity index (χ2v) is 4.58. The summed E-state index contributed by atoms with van der Waals surface area (Å²) in [5, 5.41) is 0. The number of rotatable bonds is 5. The molecular weight excluding hydrogens is 230 g/mol. The molecule has 0 atom stereocenters. The molecule has 0 saturated heterocycles. The zero-order valence-corrected chi connectivity index (χ0v) is 10.5. The molecule has 1 aliphatic rings. The quantitative estimate of drug-likeness (QED) is 0.584. The van der Waals surface area contributed by atoms with Crippen LogP contribution in [-0.4, -0.2) is 29.8 Å². The third-order valence-electron chi connectivity index (χ3n) is 2.97. The van der Waals surface area contributed by atoms with Gasteiger partial charge in [-0.3, -0.25) is 14.5 Å². The second-order valence-electron chi connectivity index (χ2n) is 4.58. The average molecular weight is 247 g/mol. The largest absolute Gasteiger partial charge is 0.464 e. The molecule has 0 aliphatic carbocycles. The summed E-state index contributed by atoms with van der Waals surface area (Å²) in [6, 6.07) is 8.32. The van der Waals surface area contributed by atoms with Gasteiger partial charge in [0.05, 0.1) is 0 Å². The molecule has 0 radical (unpaired) electrons. The van der Waals surface area contributed by atoms with Gasteiger partial charge in [0.1, 0.15) is 18.8 Å². The molecule has 4 heteroatoms. The Balaban J connectivity index is 1.71. The van der Waals surface area contributed by atoms with E-state index in [-0.39, 0.29) is 12.2 Å². The van der Waals surface area contributed by atoms with Gasteiger partial charge in [0, 0.05) is 19.6 Å². The van der Waals surface area contributed by atoms with E-state index in [0.717, 1.165) is 13.1 Å². The Kier molecular flexibility index (Phi) is 4.10. The van der Waals surface area contributed by atoms with E-state index >= 15 is 0 Å². The summed E-state index contributed by atoms with van der Waals surface area (Å²) in [7, 11) is 0. The maximum Gasteiger partial charge on any atom is 0.313 e. The number of carbonyl (C=O) groups excluding carboxylic acids is 2. The van der Waals surface area contributed by atoms with E-state index in [1.165, 1.54) is 18.1 Å². The van der Waals surface area contributed by atoms with Crippen molar-refractivity contribution in [3.8, 4) is 0 Å². The van der Waals surface area contributed by atoms with Crippen LogP contribution in [0.25, 0.3) is 0 Å². The second kappa shape index (κ2) is 5.78. The summed E-state index contributed by atoms with van der Waals surface area (Å²) in [5.41, 5.74) is 2.68. The Morgan fingerprint density at radius 3 is 2.39 bits per heavy atom. The number of ether oxygens (including phenoxy) is 1. The fourth-order valence-electron chi connectivity index (χ4n) is 2.10. The van der Waals surface area contributed by atoms with Crippen molar-refractivity contribution >= 4 is 11.8 Å². The molecule has 0 fully saturated rings. The Morgan fingerprint density at radius 1 is 1.22 bits per heavy atom. The first kappa shape index (κ1) is 12.8. The minimum absolute atomic E-state index is 0.125. The van der Waals surface area contributed by atoms with Crippen molar-refractivity contribution in [3.05, 3.63) is 35.4 Å². The third kappa shape index (κ3) is 3.40. The topological polar surface area (TPSA) is 46.6 Å². The number of benzene rings is 1.